The van der Waals surface area contributed by atoms with E-state index in [-0.39, 0.29) is 0 Å². The van der Waals surface area contributed by atoms with Gasteiger partial charge in [0.05, 0.1) is 6.54 Å². The number of benzene rings is 1. The SMILES string of the molecule is CCCOC(CCC)(Cn1cncn1)c1ccc(Cl)cc1Cl. The number of ether oxygens (including phenoxy) is 1. The minimum atomic E-state index is -0.528. The zero-order valence-corrected chi connectivity index (χ0v) is 14.4. The smallest absolute Gasteiger partial charge is 0.137 e. The highest BCUT2D eigenvalue weighted by Crippen LogP contribution is 2.38. The molecule has 22 heavy (non-hydrogen) atoms. The van der Waals surface area contributed by atoms with Crippen molar-refractivity contribution in [3.63, 3.8) is 0 Å². The molecule has 1 heterocycles. The van der Waals surface area contributed by atoms with Gasteiger partial charge in [-0.15, -0.1) is 0 Å². The molecule has 4 nitrogen and oxygen atoms in total. The van der Waals surface area contributed by atoms with Crippen molar-refractivity contribution < 1.29 is 4.74 Å². The lowest BCUT2D eigenvalue weighted by molar-refractivity contribution is -0.0718. The molecule has 0 saturated carbocycles. The largest absolute Gasteiger partial charge is 0.368 e. The van der Waals surface area contributed by atoms with Crippen LogP contribution >= 0.6 is 23.2 Å². The lowest BCUT2D eigenvalue weighted by Gasteiger charge is -2.35. The quantitative estimate of drug-likeness (QED) is 0.698. The molecule has 0 bridgehead atoms. The van der Waals surface area contributed by atoms with Gasteiger partial charge in [0.1, 0.15) is 18.3 Å². The molecular weight excluding hydrogens is 321 g/mol. The summed E-state index contributed by atoms with van der Waals surface area (Å²) in [5.74, 6) is 0. The molecule has 0 radical (unpaired) electrons. The van der Waals surface area contributed by atoms with Crippen LogP contribution in [0.3, 0.4) is 0 Å². The predicted octanol–water partition coefficient (Wildman–Crippen LogP) is 4.71. The van der Waals surface area contributed by atoms with E-state index < -0.39 is 5.60 Å². The zero-order chi connectivity index (χ0) is 16.0. The minimum Gasteiger partial charge on any atom is -0.368 e. The Morgan fingerprint density at radius 3 is 2.64 bits per heavy atom. The maximum atomic E-state index is 6.46. The van der Waals surface area contributed by atoms with E-state index in [2.05, 4.69) is 23.9 Å². The van der Waals surface area contributed by atoms with Gasteiger partial charge in [-0.25, -0.2) is 9.67 Å². The summed E-state index contributed by atoms with van der Waals surface area (Å²) in [5, 5.41) is 5.46. The van der Waals surface area contributed by atoms with Crippen molar-refractivity contribution in [2.45, 2.75) is 45.3 Å². The van der Waals surface area contributed by atoms with Gasteiger partial charge in [0.15, 0.2) is 0 Å². The van der Waals surface area contributed by atoms with Crippen LogP contribution in [0.1, 0.15) is 38.7 Å². The highest BCUT2D eigenvalue weighted by Gasteiger charge is 2.35. The second-order valence-corrected chi connectivity index (χ2v) is 6.15. The van der Waals surface area contributed by atoms with Crippen molar-refractivity contribution in [1.82, 2.24) is 14.8 Å². The van der Waals surface area contributed by atoms with Crippen LogP contribution in [-0.2, 0) is 16.9 Å². The summed E-state index contributed by atoms with van der Waals surface area (Å²) in [7, 11) is 0. The molecule has 1 atom stereocenters. The average molecular weight is 342 g/mol. The lowest BCUT2D eigenvalue weighted by Crippen LogP contribution is -2.36. The molecule has 1 aromatic heterocycles. The molecule has 0 N–H and O–H groups in total. The second kappa shape index (κ2) is 7.95. The van der Waals surface area contributed by atoms with Crippen molar-refractivity contribution in [3.05, 3.63) is 46.5 Å². The van der Waals surface area contributed by atoms with Crippen LogP contribution in [0, 0.1) is 0 Å². The first-order valence-electron chi connectivity index (χ1n) is 7.53. The van der Waals surface area contributed by atoms with Crippen molar-refractivity contribution in [1.29, 1.82) is 0 Å². The van der Waals surface area contributed by atoms with Gasteiger partial charge in [0.25, 0.3) is 0 Å². The van der Waals surface area contributed by atoms with Gasteiger partial charge >= 0.3 is 0 Å². The van der Waals surface area contributed by atoms with E-state index >= 15 is 0 Å². The standard InChI is InChI=1S/C16H21Cl2N3O/c1-3-7-16(22-8-4-2,10-21-12-19-11-20-21)14-6-5-13(17)9-15(14)18/h5-6,9,11-12H,3-4,7-8,10H2,1-2H3. The van der Waals surface area contributed by atoms with Crippen LogP contribution < -0.4 is 0 Å². The Hall–Kier alpha value is -1.10. The fourth-order valence-corrected chi connectivity index (χ4v) is 3.21. The van der Waals surface area contributed by atoms with Crippen LogP contribution in [-0.4, -0.2) is 21.4 Å². The molecule has 120 valence electrons. The summed E-state index contributed by atoms with van der Waals surface area (Å²) < 4.78 is 8.07. The molecule has 1 unspecified atom stereocenters. The van der Waals surface area contributed by atoms with Crippen molar-refractivity contribution >= 4 is 23.2 Å². The third-order valence-corrected chi connectivity index (χ3v) is 4.09. The molecular formula is C16H21Cl2N3O. The first-order valence-corrected chi connectivity index (χ1v) is 8.29. The van der Waals surface area contributed by atoms with Gasteiger partial charge in [0, 0.05) is 22.2 Å². The molecule has 0 aliphatic rings. The van der Waals surface area contributed by atoms with Gasteiger partial charge in [-0.3, -0.25) is 0 Å². The average Bonchev–Trinajstić information content (AvgIpc) is 2.98. The predicted molar refractivity (Wildman–Crippen MR) is 89.3 cm³/mol. The summed E-state index contributed by atoms with van der Waals surface area (Å²) in [5.41, 5.74) is 0.421. The first-order chi connectivity index (χ1) is 10.6. The fourth-order valence-electron chi connectivity index (χ4n) is 2.63. The minimum absolute atomic E-state index is 0.528. The number of halogens is 2. The Morgan fingerprint density at radius 2 is 2.05 bits per heavy atom. The van der Waals surface area contributed by atoms with E-state index in [0.29, 0.717) is 23.2 Å². The van der Waals surface area contributed by atoms with Crippen LogP contribution in [0.25, 0.3) is 0 Å². The molecule has 1 aromatic carbocycles. The molecule has 0 aliphatic carbocycles. The molecule has 0 saturated heterocycles. The van der Waals surface area contributed by atoms with E-state index in [9.17, 15) is 0 Å². The van der Waals surface area contributed by atoms with Crippen molar-refractivity contribution in [3.8, 4) is 0 Å². The van der Waals surface area contributed by atoms with Crippen LogP contribution in [0.15, 0.2) is 30.9 Å². The molecule has 0 spiro atoms. The van der Waals surface area contributed by atoms with E-state index in [4.69, 9.17) is 27.9 Å². The van der Waals surface area contributed by atoms with Gasteiger partial charge in [-0.1, -0.05) is 49.5 Å². The fraction of sp³-hybridized carbons (Fsp3) is 0.500. The first kappa shape index (κ1) is 17.3. The molecule has 6 heteroatoms. The summed E-state index contributed by atoms with van der Waals surface area (Å²) >= 11 is 12.5. The number of hydrogen-bond acceptors (Lipinski definition) is 3. The lowest BCUT2D eigenvalue weighted by atomic mass is 9.88. The Morgan fingerprint density at radius 1 is 1.23 bits per heavy atom. The number of rotatable bonds is 8. The van der Waals surface area contributed by atoms with Gasteiger partial charge in [-0.05, 0) is 25.0 Å². The normalized spacial score (nSPS) is 14.0. The summed E-state index contributed by atoms with van der Waals surface area (Å²) in [6.45, 7) is 5.46. The summed E-state index contributed by atoms with van der Waals surface area (Å²) in [6, 6.07) is 5.57. The summed E-state index contributed by atoms with van der Waals surface area (Å²) in [6.07, 6.45) is 5.98. The van der Waals surface area contributed by atoms with E-state index in [1.165, 1.54) is 6.33 Å². The van der Waals surface area contributed by atoms with E-state index in [1.807, 2.05) is 12.1 Å². The van der Waals surface area contributed by atoms with Crippen molar-refractivity contribution in [2.24, 2.45) is 0 Å². The number of aromatic nitrogens is 3. The molecule has 0 amide bonds. The Labute approximate surface area is 141 Å². The van der Waals surface area contributed by atoms with E-state index in [1.54, 1.807) is 17.1 Å². The zero-order valence-electron chi connectivity index (χ0n) is 12.9. The number of nitrogens with zero attached hydrogens (tertiary/aromatic N) is 3. The Kier molecular flexibility index (Phi) is 6.24. The monoisotopic (exact) mass is 341 g/mol. The maximum Gasteiger partial charge on any atom is 0.137 e. The third kappa shape index (κ3) is 4.00. The van der Waals surface area contributed by atoms with Crippen LogP contribution in [0.4, 0.5) is 0 Å². The van der Waals surface area contributed by atoms with E-state index in [0.717, 1.165) is 24.8 Å². The van der Waals surface area contributed by atoms with Gasteiger partial charge in [0.2, 0.25) is 0 Å². The summed E-state index contributed by atoms with van der Waals surface area (Å²) in [4.78, 5) is 4.02. The Bertz CT molecular complexity index is 589. The highest BCUT2D eigenvalue weighted by atomic mass is 35.5. The van der Waals surface area contributed by atoms with Crippen LogP contribution in [0.5, 0.6) is 0 Å². The number of hydrogen-bond donors (Lipinski definition) is 0. The highest BCUT2D eigenvalue weighted by molar-refractivity contribution is 6.35. The second-order valence-electron chi connectivity index (χ2n) is 5.31. The third-order valence-electron chi connectivity index (χ3n) is 3.54. The van der Waals surface area contributed by atoms with Gasteiger partial charge in [-0.2, -0.15) is 5.10 Å². The van der Waals surface area contributed by atoms with Gasteiger partial charge < -0.3 is 4.74 Å². The molecule has 2 aromatic rings. The molecule has 0 aliphatic heterocycles. The molecule has 0 fully saturated rings. The van der Waals surface area contributed by atoms with Crippen LogP contribution in [0.2, 0.25) is 10.0 Å². The topological polar surface area (TPSA) is 39.9 Å². The maximum absolute atomic E-state index is 6.46. The molecule has 2 rings (SSSR count). The van der Waals surface area contributed by atoms with Crippen molar-refractivity contribution in [2.75, 3.05) is 6.61 Å². The Balaban J connectivity index is 2.44.